The van der Waals surface area contributed by atoms with Gasteiger partial charge in [-0.25, -0.2) is 4.98 Å². The van der Waals surface area contributed by atoms with Crippen LogP contribution in [0.5, 0.6) is 0 Å². The lowest BCUT2D eigenvalue weighted by Gasteiger charge is -2.43. The standard InChI is InChI=1S/C14H17BrN2O2/c15-13-7-3-4-10(16-13)14(18)17-8-9-19-12-6-2-1-5-11(12)17/h3-4,7,11-12H,1-2,5-6,8-9H2. The van der Waals surface area contributed by atoms with E-state index in [2.05, 4.69) is 20.9 Å². The van der Waals surface area contributed by atoms with E-state index in [0.29, 0.717) is 23.4 Å². The molecule has 0 bridgehead atoms. The van der Waals surface area contributed by atoms with E-state index in [1.807, 2.05) is 17.0 Å². The molecule has 0 spiro atoms. The van der Waals surface area contributed by atoms with E-state index in [9.17, 15) is 4.79 Å². The zero-order chi connectivity index (χ0) is 13.2. The van der Waals surface area contributed by atoms with E-state index in [0.717, 1.165) is 12.8 Å². The number of pyridine rings is 1. The first kappa shape index (κ1) is 13.1. The van der Waals surface area contributed by atoms with Crippen LogP contribution in [0, 0.1) is 0 Å². The van der Waals surface area contributed by atoms with E-state index in [1.54, 1.807) is 6.07 Å². The highest BCUT2D eigenvalue weighted by atomic mass is 79.9. The molecule has 2 unspecified atom stereocenters. The average molecular weight is 325 g/mol. The molecule has 2 aliphatic rings. The van der Waals surface area contributed by atoms with Crippen LogP contribution in [0.25, 0.3) is 0 Å². The van der Waals surface area contributed by atoms with Crippen molar-refractivity contribution in [3.63, 3.8) is 0 Å². The lowest BCUT2D eigenvalue weighted by molar-refractivity contribution is -0.0754. The number of amides is 1. The van der Waals surface area contributed by atoms with E-state index in [4.69, 9.17) is 4.74 Å². The Morgan fingerprint density at radius 2 is 2.21 bits per heavy atom. The zero-order valence-electron chi connectivity index (χ0n) is 10.7. The largest absolute Gasteiger partial charge is 0.374 e. The summed E-state index contributed by atoms with van der Waals surface area (Å²) < 4.78 is 6.50. The Labute approximate surface area is 121 Å². The summed E-state index contributed by atoms with van der Waals surface area (Å²) in [6, 6.07) is 5.69. The summed E-state index contributed by atoms with van der Waals surface area (Å²) in [7, 11) is 0. The molecule has 0 N–H and O–H groups in total. The van der Waals surface area contributed by atoms with Gasteiger partial charge in [0.1, 0.15) is 10.3 Å². The molecule has 19 heavy (non-hydrogen) atoms. The second-order valence-corrected chi connectivity index (χ2v) is 5.92. The molecule has 1 aliphatic heterocycles. The number of fused-ring (bicyclic) bond motifs is 1. The number of aromatic nitrogens is 1. The van der Waals surface area contributed by atoms with Crippen molar-refractivity contribution in [2.24, 2.45) is 0 Å². The minimum atomic E-state index is 0.0292. The number of carbonyl (C=O) groups excluding carboxylic acids is 1. The van der Waals surface area contributed by atoms with Crippen LogP contribution in [0.1, 0.15) is 36.2 Å². The molecule has 4 nitrogen and oxygen atoms in total. The Kier molecular flexibility index (Phi) is 3.84. The van der Waals surface area contributed by atoms with Crippen molar-refractivity contribution in [2.45, 2.75) is 37.8 Å². The first-order valence-corrected chi connectivity index (χ1v) is 7.60. The van der Waals surface area contributed by atoms with Gasteiger partial charge in [-0.15, -0.1) is 0 Å². The third kappa shape index (κ3) is 2.67. The molecule has 5 heteroatoms. The minimum absolute atomic E-state index is 0.0292. The van der Waals surface area contributed by atoms with Crippen molar-refractivity contribution in [1.82, 2.24) is 9.88 Å². The van der Waals surface area contributed by atoms with Gasteiger partial charge in [-0.3, -0.25) is 4.79 Å². The average Bonchev–Trinajstić information content (AvgIpc) is 2.46. The van der Waals surface area contributed by atoms with Gasteiger partial charge < -0.3 is 9.64 Å². The van der Waals surface area contributed by atoms with Gasteiger partial charge in [0.05, 0.1) is 18.8 Å². The molecule has 1 saturated heterocycles. The van der Waals surface area contributed by atoms with Gasteiger partial charge in [0.2, 0.25) is 0 Å². The van der Waals surface area contributed by atoms with E-state index in [1.165, 1.54) is 12.8 Å². The lowest BCUT2D eigenvalue weighted by Crippen LogP contribution is -2.54. The number of hydrogen-bond acceptors (Lipinski definition) is 3. The Morgan fingerprint density at radius 3 is 3.05 bits per heavy atom. The fourth-order valence-electron chi connectivity index (χ4n) is 3.02. The van der Waals surface area contributed by atoms with E-state index in [-0.39, 0.29) is 18.1 Å². The Balaban J connectivity index is 1.82. The molecule has 1 aliphatic carbocycles. The van der Waals surface area contributed by atoms with Gasteiger partial charge >= 0.3 is 0 Å². The number of ether oxygens (including phenoxy) is 1. The second kappa shape index (κ2) is 5.59. The molecule has 3 rings (SSSR count). The normalized spacial score (nSPS) is 26.9. The smallest absolute Gasteiger partial charge is 0.272 e. The number of hydrogen-bond donors (Lipinski definition) is 0. The molecule has 2 heterocycles. The van der Waals surface area contributed by atoms with Crippen molar-refractivity contribution in [1.29, 1.82) is 0 Å². The van der Waals surface area contributed by atoms with Crippen molar-refractivity contribution >= 4 is 21.8 Å². The van der Waals surface area contributed by atoms with Crippen LogP contribution < -0.4 is 0 Å². The predicted octanol–water partition coefficient (Wildman–Crippen LogP) is 2.63. The summed E-state index contributed by atoms with van der Waals surface area (Å²) >= 11 is 3.32. The number of rotatable bonds is 1. The van der Waals surface area contributed by atoms with E-state index < -0.39 is 0 Å². The third-order valence-corrected chi connectivity index (χ3v) is 4.37. The number of morpholine rings is 1. The Hall–Kier alpha value is -0.940. The summed E-state index contributed by atoms with van der Waals surface area (Å²) in [5.74, 6) is 0.0292. The first-order chi connectivity index (χ1) is 9.25. The highest BCUT2D eigenvalue weighted by Crippen LogP contribution is 2.29. The fourth-order valence-corrected chi connectivity index (χ4v) is 3.37. The van der Waals surface area contributed by atoms with Crippen LogP contribution in [0.3, 0.4) is 0 Å². The zero-order valence-corrected chi connectivity index (χ0v) is 12.3. The molecular formula is C14H17BrN2O2. The molecule has 1 aromatic heterocycles. The van der Waals surface area contributed by atoms with Crippen LogP contribution in [0.4, 0.5) is 0 Å². The molecule has 1 amide bonds. The van der Waals surface area contributed by atoms with Crippen molar-refractivity contribution in [2.75, 3.05) is 13.2 Å². The Bertz CT molecular complexity index is 478. The second-order valence-electron chi connectivity index (χ2n) is 5.11. The van der Waals surface area contributed by atoms with Crippen LogP contribution in [-0.4, -0.2) is 41.1 Å². The van der Waals surface area contributed by atoms with E-state index >= 15 is 0 Å². The molecule has 2 atom stereocenters. The van der Waals surface area contributed by atoms with Crippen molar-refractivity contribution < 1.29 is 9.53 Å². The molecule has 0 aromatic carbocycles. The Morgan fingerprint density at radius 1 is 1.37 bits per heavy atom. The van der Waals surface area contributed by atoms with Gasteiger partial charge in [-0.05, 0) is 40.9 Å². The van der Waals surface area contributed by atoms with Gasteiger partial charge in [-0.1, -0.05) is 18.9 Å². The molecule has 2 fully saturated rings. The number of halogens is 1. The first-order valence-electron chi connectivity index (χ1n) is 6.81. The molecule has 1 aromatic rings. The molecule has 1 saturated carbocycles. The maximum atomic E-state index is 12.6. The monoisotopic (exact) mass is 324 g/mol. The maximum Gasteiger partial charge on any atom is 0.272 e. The van der Waals surface area contributed by atoms with Gasteiger partial charge in [-0.2, -0.15) is 0 Å². The van der Waals surface area contributed by atoms with Crippen LogP contribution in [0.15, 0.2) is 22.8 Å². The lowest BCUT2D eigenvalue weighted by atomic mass is 9.90. The topological polar surface area (TPSA) is 42.4 Å². The maximum absolute atomic E-state index is 12.6. The quantitative estimate of drug-likeness (QED) is 0.746. The summed E-state index contributed by atoms with van der Waals surface area (Å²) in [4.78, 5) is 18.8. The summed E-state index contributed by atoms with van der Waals surface area (Å²) in [6.45, 7) is 1.31. The van der Waals surface area contributed by atoms with Crippen molar-refractivity contribution in [3.8, 4) is 0 Å². The predicted molar refractivity (Wildman–Crippen MR) is 75.0 cm³/mol. The van der Waals surface area contributed by atoms with Crippen LogP contribution >= 0.6 is 15.9 Å². The van der Waals surface area contributed by atoms with Gasteiger partial charge in [0, 0.05) is 6.54 Å². The molecular weight excluding hydrogens is 308 g/mol. The highest BCUT2D eigenvalue weighted by molar-refractivity contribution is 9.10. The summed E-state index contributed by atoms with van der Waals surface area (Å²) in [5.41, 5.74) is 0.514. The number of carbonyl (C=O) groups is 1. The van der Waals surface area contributed by atoms with Crippen LogP contribution in [-0.2, 0) is 4.74 Å². The van der Waals surface area contributed by atoms with Gasteiger partial charge in [0.15, 0.2) is 0 Å². The molecule has 0 radical (unpaired) electrons. The SMILES string of the molecule is O=C(c1cccc(Br)n1)N1CCOC2CCCCC21. The molecule has 102 valence electrons. The van der Waals surface area contributed by atoms with Crippen molar-refractivity contribution in [3.05, 3.63) is 28.5 Å². The van der Waals surface area contributed by atoms with Crippen LogP contribution in [0.2, 0.25) is 0 Å². The summed E-state index contributed by atoms with van der Waals surface area (Å²) in [6.07, 6.45) is 4.72. The number of nitrogens with zero attached hydrogens (tertiary/aromatic N) is 2. The van der Waals surface area contributed by atoms with Gasteiger partial charge in [0.25, 0.3) is 5.91 Å². The fraction of sp³-hybridized carbons (Fsp3) is 0.571. The minimum Gasteiger partial charge on any atom is -0.374 e. The third-order valence-electron chi connectivity index (χ3n) is 3.93. The highest BCUT2D eigenvalue weighted by Gasteiger charge is 2.37. The summed E-state index contributed by atoms with van der Waals surface area (Å²) in [5, 5.41) is 0.